The summed E-state index contributed by atoms with van der Waals surface area (Å²) in [4.78, 5) is 30.2. The van der Waals surface area contributed by atoms with Gasteiger partial charge in [0.1, 0.15) is 0 Å². The van der Waals surface area contributed by atoms with Crippen LogP contribution in [-0.2, 0) is 9.53 Å². The predicted molar refractivity (Wildman–Crippen MR) is 83.6 cm³/mol. The van der Waals surface area contributed by atoms with Crippen LogP contribution in [0.15, 0.2) is 12.7 Å². The van der Waals surface area contributed by atoms with Crippen LogP contribution >= 0.6 is 0 Å². The minimum Gasteiger partial charge on any atom is -0.378 e. The summed E-state index contributed by atoms with van der Waals surface area (Å²) < 4.78 is 5.27. The van der Waals surface area contributed by atoms with E-state index in [1.54, 1.807) is 6.08 Å². The van der Waals surface area contributed by atoms with E-state index >= 15 is 0 Å². The lowest BCUT2D eigenvalue weighted by molar-refractivity contribution is -0.126. The summed E-state index contributed by atoms with van der Waals surface area (Å²) in [5.41, 5.74) is 0. The number of ether oxygens (including phenoxy) is 1. The van der Waals surface area contributed by atoms with Crippen LogP contribution in [0.5, 0.6) is 0 Å². The van der Waals surface area contributed by atoms with Crippen molar-refractivity contribution in [1.29, 1.82) is 0 Å². The molecular weight excluding hydrogens is 284 g/mol. The van der Waals surface area contributed by atoms with Crippen LogP contribution in [0, 0.1) is 0 Å². The molecule has 2 fully saturated rings. The lowest BCUT2D eigenvalue weighted by Gasteiger charge is -2.40. The van der Waals surface area contributed by atoms with Gasteiger partial charge in [-0.3, -0.25) is 9.69 Å². The highest BCUT2D eigenvalue weighted by molar-refractivity contribution is 5.81. The van der Waals surface area contributed by atoms with E-state index in [1.165, 1.54) is 0 Å². The highest BCUT2D eigenvalue weighted by atomic mass is 16.5. The molecule has 22 heavy (non-hydrogen) atoms. The summed E-state index contributed by atoms with van der Waals surface area (Å²) >= 11 is 0. The molecule has 0 aromatic carbocycles. The van der Waals surface area contributed by atoms with Crippen molar-refractivity contribution in [3.8, 4) is 0 Å². The van der Waals surface area contributed by atoms with Crippen LogP contribution in [0.4, 0.5) is 4.79 Å². The van der Waals surface area contributed by atoms with Crippen LogP contribution in [0.25, 0.3) is 0 Å². The fraction of sp³-hybridized carbons (Fsp3) is 0.733. The third-order valence-electron chi connectivity index (χ3n) is 4.21. The van der Waals surface area contributed by atoms with Crippen molar-refractivity contribution in [2.45, 2.75) is 13.0 Å². The normalized spacial score (nSPS) is 21.3. The molecule has 0 radical (unpaired) electrons. The summed E-state index contributed by atoms with van der Waals surface area (Å²) in [5.74, 6) is 0.00727. The van der Waals surface area contributed by atoms with Crippen LogP contribution in [-0.4, -0.2) is 91.7 Å². The fourth-order valence-corrected chi connectivity index (χ4v) is 2.74. The van der Waals surface area contributed by atoms with Crippen LogP contribution in [0.1, 0.15) is 6.92 Å². The molecule has 1 N–H and O–H groups in total. The minimum atomic E-state index is -0.180. The Kier molecular flexibility index (Phi) is 6.21. The molecule has 0 spiro atoms. The molecule has 7 heteroatoms. The van der Waals surface area contributed by atoms with Gasteiger partial charge in [-0.05, 0) is 6.92 Å². The van der Waals surface area contributed by atoms with E-state index in [9.17, 15) is 9.59 Å². The van der Waals surface area contributed by atoms with Gasteiger partial charge in [0.05, 0.1) is 19.3 Å². The van der Waals surface area contributed by atoms with Crippen molar-refractivity contribution >= 4 is 11.9 Å². The molecule has 0 bridgehead atoms. The molecule has 2 aliphatic heterocycles. The second-order valence-corrected chi connectivity index (χ2v) is 5.61. The maximum Gasteiger partial charge on any atom is 0.320 e. The van der Waals surface area contributed by atoms with Crippen LogP contribution in [0.3, 0.4) is 0 Å². The Labute approximate surface area is 131 Å². The fourth-order valence-electron chi connectivity index (χ4n) is 2.74. The Balaban J connectivity index is 1.78. The van der Waals surface area contributed by atoms with Gasteiger partial charge in [0.15, 0.2) is 0 Å². The van der Waals surface area contributed by atoms with Gasteiger partial charge in [-0.1, -0.05) is 6.08 Å². The standard InChI is InChI=1S/C15H26N4O3/c1-3-4-16-14(20)13(2)17-5-7-18(8-6-17)15(21)19-9-11-22-12-10-19/h3,13H,1,4-12H2,2H3,(H,16,20)/t13-/m1/s1. The first-order chi connectivity index (χ1) is 10.6. The zero-order chi connectivity index (χ0) is 15.9. The SMILES string of the molecule is C=CCNC(=O)[C@@H](C)N1CCN(C(=O)N2CCOCC2)CC1. The number of piperazine rings is 1. The summed E-state index contributed by atoms with van der Waals surface area (Å²) in [6, 6.07) is -0.0905. The molecule has 0 aliphatic carbocycles. The zero-order valence-electron chi connectivity index (χ0n) is 13.3. The first-order valence-electron chi connectivity index (χ1n) is 7.87. The van der Waals surface area contributed by atoms with Gasteiger partial charge in [-0.2, -0.15) is 0 Å². The molecule has 1 atom stereocenters. The number of amides is 3. The molecule has 2 heterocycles. The molecule has 124 valence electrons. The molecular formula is C15H26N4O3. The van der Waals surface area contributed by atoms with Gasteiger partial charge in [0, 0.05) is 45.8 Å². The molecule has 2 saturated heterocycles. The Bertz CT molecular complexity index is 402. The topological polar surface area (TPSA) is 65.1 Å². The molecule has 0 aromatic heterocycles. The number of carbonyl (C=O) groups excluding carboxylic acids is 2. The molecule has 7 nitrogen and oxygen atoms in total. The van der Waals surface area contributed by atoms with E-state index in [1.807, 2.05) is 16.7 Å². The first kappa shape index (κ1) is 16.8. The van der Waals surface area contributed by atoms with Crippen molar-refractivity contribution < 1.29 is 14.3 Å². The lowest BCUT2D eigenvalue weighted by Crippen LogP contribution is -2.58. The number of hydrogen-bond acceptors (Lipinski definition) is 4. The van der Waals surface area contributed by atoms with Crippen molar-refractivity contribution in [3.63, 3.8) is 0 Å². The molecule has 2 rings (SSSR count). The Morgan fingerprint density at radius 3 is 2.32 bits per heavy atom. The lowest BCUT2D eigenvalue weighted by atomic mass is 10.2. The van der Waals surface area contributed by atoms with Crippen molar-refractivity contribution in [3.05, 3.63) is 12.7 Å². The van der Waals surface area contributed by atoms with Gasteiger partial charge in [0.2, 0.25) is 5.91 Å². The van der Waals surface area contributed by atoms with Crippen LogP contribution < -0.4 is 5.32 Å². The molecule has 0 saturated carbocycles. The Hall–Kier alpha value is -1.60. The summed E-state index contributed by atoms with van der Waals surface area (Å²) in [7, 11) is 0. The molecule has 0 aromatic rings. The maximum absolute atomic E-state index is 12.4. The van der Waals surface area contributed by atoms with Gasteiger partial charge in [-0.25, -0.2) is 4.79 Å². The van der Waals surface area contributed by atoms with Crippen molar-refractivity contribution in [2.75, 3.05) is 59.0 Å². The van der Waals surface area contributed by atoms with E-state index in [4.69, 9.17) is 4.74 Å². The van der Waals surface area contributed by atoms with Gasteiger partial charge < -0.3 is 19.9 Å². The first-order valence-corrected chi connectivity index (χ1v) is 7.87. The number of morpholine rings is 1. The molecule has 2 aliphatic rings. The maximum atomic E-state index is 12.4. The number of nitrogens with zero attached hydrogens (tertiary/aromatic N) is 3. The summed E-state index contributed by atoms with van der Waals surface area (Å²) in [6.45, 7) is 11.3. The van der Waals surface area contributed by atoms with Crippen molar-refractivity contribution in [2.24, 2.45) is 0 Å². The van der Waals surface area contributed by atoms with Gasteiger partial charge >= 0.3 is 6.03 Å². The highest BCUT2D eigenvalue weighted by Crippen LogP contribution is 2.10. The van der Waals surface area contributed by atoms with Crippen molar-refractivity contribution in [1.82, 2.24) is 20.0 Å². The zero-order valence-corrected chi connectivity index (χ0v) is 13.3. The number of rotatable bonds is 4. The number of carbonyl (C=O) groups is 2. The minimum absolute atomic E-state index is 0.00727. The second kappa shape index (κ2) is 8.14. The van der Waals surface area contributed by atoms with E-state index in [0.717, 1.165) is 13.1 Å². The monoisotopic (exact) mass is 310 g/mol. The highest BCUT2D eigenvalue weighted by Gasteiger charge is 2.29. The smallest absolute Gasteiger partial charge is 0.320 e. The average Bonchev–Trinajstić information content (AvgIpc) is 2.59. The second-order valence-electron chi connectivity index (χ2n) is 5.61. The largest absolute Gasteiger partial charge is 0.378 e. The van der Waals surface area contributed by atoms with E-state index in [2.05, 4.69) is 16.8 Å². The average molecular weight is 310 g/mol. The third-order valence-corrected chi connectivity index (χ3v) is 4.21. The number of hydrogen-bond donors (Lipinski definition) is 1. The van der Waals surface area contributed by atoms with E-state index in [0.29, 0.717) is 45.9 Å². The summed E-state index contributed by atoms with van der Waals surface area (Å²) in [5, 5.41) is 2.81. The van der Waals surface area contributed by atoms with E-state index < -0.39 is 0 Å². The van der Waals surface area contributed by atoms with Gasteiger partial charge in [0.25, 0.3) is 0 Å². The predicted octanol–water partition coefficient (Wildman–Crippen LogP) is -0.253. The molecule has 3 amide bonds. The Morgan fingerprint density at radius 1 is 1.14 bits per heavy atom. The number of urea groups is 1. The van der Waals surface area contributed by atoms with E-state index in [-0.39, 0.29) is 18.0 Å². The quantitative estimate of drug-likeness (QED) is 0.727. The molecule has 0 unspecified atom stereocenters. The number of nitrogens with one attached hydrogen (secondary N) is 1. The Morgan fingerprint density at radius 2 is 1.73 bits per heavy atom. The third kappa shape index (κ3) is 4.20. The van der Waals surface area contributed by atoms with Gasteiger partial charge in [-0.15, -0.1) is 6.58 Å². The summed E-state index contributed by atoms with van der Waals surface area (Å²) in [6.07, 6.45) is 1.67. The van der Waals surface area contributed by atoms with Crippen LogP contribution in [0.2, 0.25) is 0 Å².